The summed E-state index contributed by atoms with van der Waals surface area (Å²) in [5.41, 5.74) is 1.48. The number of anilines is 1. The number of benzene rings is 3. The Morgan fingerprint density at radius 1 is 1.04 bits per heavy atom. The lowest BCUT2D eigenvalue weighted by atomic mass is 10.1. The summed E-state index contributed by atoms with van der Waals surface area (Å²) in [4.78, 5) is 16.9. The summed E-state index contributed by atoms with van der Waals surface area (Å²) in [7, 11) is 0. The van der Waals surface area contributed by atoms with E-state index in [1.807, 2.05) is 42.5 Å². The Bertz CT molecular complexity index is 871. The van der Waals surface area contributed by atoms with E-state index in [1.165, 1.54) is 24.3 Å². The third-order valence-electron chi connectivity index (χ3n) is 3.46. The third kappa shape index (κ3) is 3.95. The van der Waals surface area contributed by atoms with Crippen molar-refractivity contribution in [2.24, 2.45) is 5.16 Å². The van der Waals surface area contributed by atoms with E-state index >= 15 is 0 Å². The minimum Gasteiger partial charge on any atom is -0.391 e. The van der Waals surface area contributed by atoms with Gasteiger partial charge in [-0.1, -0.05) is 47.6 Å². The third-order valence-corrected chi connectivity index (χ3v) is 3.46. The van der Waals surface area contributed by atoms with E-state index in [-0.39, 0.29) is 12.4 Å². The number of carbonyl (C=O) groups is 1. The molecule has 24 heavy (non-hydrogen) atoms. The first-order valence-electron chi connectivity index (χ1n) is 7.41. The van der Waals surface area contributed by atoms with Crippen molar-refractivity contribution in [1.82, 2.24) is 0 Å². The Kier molecular flexibility index (Phi) is 4.81. The molecule has 3 aromatic carbocycles. The number of oxime groups is 1. The van der Waals surface area contributed by atoms with Gasteiger partial charge in [-0.15, -0.1) is 0 Å². The number of nitrogens with zero attached hydrogens (tertiary/aromatic N) is 1. The van der Waals surface area contributed by atoms with Crippen molar-refractivity contribution in [1.29, 1.82) is 0 Å². The van der Waals surface area contributed by atoms with Crippen LogP contribution in [0.1, 0.15) is 5.56 Å². The molecule has 1 N–H and O–H groups in total. The van der Waals surface area contributed by atoms with Gasteiger partial charge in [0.25, 0.3) is 5.91 Å². The van der Waals surface area contributed by atoms with Crippen molar-refractivity contribution in [3.05, 3.63) is 78.1 Å². The molecule has 0 saturated carbocycles. The molecule has 0 atom stereocenters. The first kappa shape index (κ1) is 15.7. The Morgan fingerprint density at radius 2 is 1.79 bits per heavy atom. The Balaban J connectivity index is 1.56. The summed E-state index contributed by atoms with van der Waals surface area (Å²) >= 11 is 0. The SMILES string of the molecule is O=C(/C=N/OCc1cccc2ccccc12)Nc1ccc(F)cc1. The fourth-order valence-electron chi connectivity index (χ4n) is 2.32. The molecule has 1 amide bonds. The molecule has 0 aromatic heterocycles. The van der Waals surface area contributed by atoms with Crippen molar-refractivity contribution < 1.29 is 14.0 Å². The Labute approximate surface area is 138 Å². The molecule has 0 saturated heterocycles. The van der Waals surface area contributed by atoms with E-state index in [0.717, 1.165) is 22.6 Å². The molecule has 0 radical (unpaired) electrons. The van der Waals surface area contributed by atoms with E-state index in [9.17, 15) is 9.18 Å². The summed E-state index contributed by atoms with van der Waals surface area (Å²) in [6, 6.07) is 19.4. The monoisotopic (exact) mass is 322 g/mol. The summed E-state index contributed by atoms with van der Waals surface area (Å²) in [6.07, 6.45) is 1.05. The van der Waals surface area contributed by atoms with Gasteiger partial charge in [-0.25, -0.2) is 4.39 Å². The van der Waals surface area contributed by atoms with Gasteiger partial charge in [-0.3, -0.25) is 4.79 Å². The van der Waals surface area contributed by atoms with Gasteiger partial charge in [-0.2, -0.15) is 0 Å². The van der Waals surface area contributed by atoms with Crippen LogP contribution in [0.3, 0.4) is 0 Å². The predicted molar refractivity (Wildman–Crippen MR) is 92.3 cm³/mol. The number of amides is 1. The number of carbonyl (C=O) groups excluding carboxylic acids is 1. The molecule has 3 rings (SSSR count). The molecule has 0 aliphatic rings. The number of fused-ring (bicyclic) bond motifs is 1. The van der Waals surface area contributed by atoms with Crippen molar-refractivity contribution in [3.63, 3.8) is 0 Å². The van der Waals surface area contributed by atoms with Gasteiger partial charge in [0.15, 0.2) is 0 Å². The van der Waals surface area contributed by atoms with Crippen LogP contribution in [0, 0.1) is 5.82 Å². The number of nitrogens with one attached hydrogen (secondary N) is 1. The fourth-order valence-corrected chi connectivity index (χ4v) is 2.32. The zero-order valence-corrected chi connectivity index (χ0v) is 12.8. The molecule has 0 spiro atoms. The zero-order chi connectivity index (χ0) is 16.8. The number of rotatable bonds is 5. The number of hydrogen-bond donors (Lipinski definition) is 1. The van der Waals surface area contributed by atoms with Gasteiger partial charge >= 0.3 is 0 Å². The topological polar surface area (TPSA) is 50.7 Å². The predicted octanol–water partition coefficient (Wildman–Crippen LogP) is 4.12. The maximum absolute atomic E-state index is 12.8. The smallest absolute Gasteiger partial charge is 0.270 e. The molecule has 0 unspecified atom stereocenters. The molecule has 0 aliphatic heterocycles. The fraction of sp³-hybridized carbons (Fsp3) is 0.0526. The first-order chi connectivity index (χ1) is 11.7. The van der Waals surface area contributed by atoms with Crippen LogP contribution >= 0.6 is 0 Å². The second-order valence-electron chi connectivity index (χ2n) is 5.14. The van der Waals surface area contributed by atoms with Gasteiger partial charge in [0.1, 0.15) is 18.6 Å². The van der Waals surface area contributed by atoms with Crippen LogP contribution in [0.2, 0.25) is 0 Å². The van der Waals surface area contributed by atoms with Crippen molar-refractivity contribution >= 4 is 28.6 Å². The molecular weight excluding hydrogens is 307 g/mol. The number of halogens is 1. The van der Waals surface area contributed by atoms with Gasteiger partial charge in [0.05, 0.1) is 0 Å². The van der Waals surface area contributed by atoms with E-state index in [4.69, 9.17) is 4.84 Å². The molecule has 5 heteroatoms. The van der Waals surface area contributed by atoms with E-state index in [1.54, 1.807) is 0 Å². The van der Waals surface area contributed by atoms with Crippen LogP contribution in [0.25, 0.3) is 10.8 Å². The van der Waals surface area contributed by atoms with Crippen molar-refractivity contribution in [2.75, 3.05) is 5.32 Å². The normalized spacial score (nSPS) is 10.9. The van der Waals surface area contributed by atoms with E-state index in [2.05, 4.69) is 10.5 Å². The molecule has 0 heterocycles. The average Bonchev–Trinajstić information content (AvgIpc) is 2.61. The quantitative estimate of drug-likeness (QED) is 0.567. The number of hydrogen-bond acceptors (Lipinski definition) is 3. The van der Waals surface area contributed by atoms with Crippen molar-refractivity contribution in [3.8, 4) is 0 Å². The maximum Gasteiger partial charge on any atom is 0.270 e. The largest absolute Gasteiger partial charge is 0.391 e. The van der Waals surface area contributed by atoms with Crippen LogP contribution in [0.4, 0.5) is 10.1 Å². The summed E-state index contributed by atoms with van der Waals surface area (Å²) in [6.45, 7) is 0.266. The lowest BCUT2D eigenvalue weighted by Gasteiger charge is -2.05. The lowest BCUT2D eigenvalue weighted by Crippen LogP contribution is -2.12. The standard InChI is InChI=1S/C19H15FN2O2/c20-16-8-10-17(11-9-16)22-19(23)12-21-24-13-15-6-3-5-14-4-1-2-7-18(14)15/h1-12H,13H2,(H,22,23)/b21-12+. The molecular formula is C19H15FN2O2. The average molecular weight is 322 g/mol. The minimum atomic E-state index is -0.445. The van der Waals surface area contributed by atoms with Gasteiger partial charge < -0.3 is 10.2 Å². The van der Waals surface area contributed by atoms with Crippen LogP contribution in [-0.4, -0.2) is 12.1 Å². The highest BCUT2D eigenvalue weighted by molar-refractivity contribution is 6.31. The van der Waals surface area contributed by atoms with Crippen molar-refractivity contribution in [2.45, 2.75) is 6.61 Å². The summed E-state index contributed by atoms with van der Waals surface area (Å²) < 4.78 is 12.8. The summed E-state index contributed by atoms with van der Waals surface area (Å²) in [5.74, 6) is -0.806. The molecule has 3 aromatic rings. The molecule has 120 valence electrons. The van der Waals surface area contributed by atoms with Crippen LogP contribution in [0.5, 0.6) is 0 Å². The van der Waals surface area contributed by atoms with E-state index < -0.39 is 5.91 Å². The van der Waals surface area contributed by atoms with Gasteiger partial charge in [-0.05, 0) is 40.6 Å². The second-order valence-corrected chi connectivity index (χ2v) is 5.14. The van der Waals surface area contributed by atoms with Gasteiger partial charge in [0, 0.05) is 5.69 Å². The minimum absolute atomic E-state index is 0.266. The van der Waals surface area contributed by atoms with Crippen LogP contribution < -0.4 is 5.32 Å². The highest BCUT2D eigenvalue weighted by Crippen LogP contribution is 2.19. The highest BCUT2D eigenvalue weighted by atomic mass is 19.1. The van der Waals surface area contributed by atoms with E-state index in [0.29, 0.717) is 5.69 Å². The maximum atomic E-state index is 12.8. The van der Waals surface area contributed by atoms with Gasteiger partial charge in [0.2, 0.25) is 0 Å². The molecule has 0 bridgehead atoms. The second kappa shape index (κ2) is 7.37. The Morgan fingerprint density at radius 3 is 2.62 bits per heavy atom. The highest BCUT2D eigenvalue weighted by Gasteiger charge is 2.01. The Hall–Kier alpha value is -3.21. The zero-order valence-electron chi connectivity index (χ0n) is 12.8. The first-order valence-corrected chi connectivity index (χ1v) is 7.41. The van der Waals surface area contributed by atoms with Crippen LogP contribution in [-0.2, 0) is 16.2 Å². The van der Waals surface area contributed by atoms with Crippen LogP contribution in [0.15, 0.2) is 71.9 Å². The molecule has 0 aliphatic carbocycles. The molecule has 4 nitrogen and oxygen atoms in total. The lowest BCUT2D eigenvalue weighted by molar-refractivity contribution is -0.110. The molecule has 0 fully saturated rings. The summed E-state index contributed by atoms with van der Waals surface area (Å²) in [5, 5.41) is 8.45.